The Labute approximate surface area is 167 Å². The Bertz CT molecular complexity index is 951. The van der Waals surface area contributed by atoms with Gasteiger partial charge in [-0.1, -0.05) is 12.1 Å². The second-order valence-electron chi connectivity index (χ2n) is 6.57. The van der Waals surface area contributed by atoms with Crippen molar-refractivity contribution in [2.24, 2.45) is 0 Å². The fraction of sp³-hybridized carbons (Fsp3) is 0.300. The first-order valence-electron chi connectivity index (χ1n) is 9.13. The largest absolute Gasteiger partial charge is 0.478 e. The van der Waals surface area contributed by atoms with Crippen molar-refractivity contribution in [3.05, 3.63) is 53.5 Å². The van der Waals surface area contributed by atoms with Gasteiger partial charge in [0.15, 0.2) is 0 Å². The van der Waals surface area contributed by atoms with Crippen molar-refractivity contribution < 1.29 is 19.1 Å². The third-order valence-electron chi connectivity index (χ3n) is 4.69. The van der Waals surface area contributed by atoms with E-state index >= 15 is 0 Å². The van der Waals surface area contributed by atoms with Gasteiger partial charge in [0.1, 0.15) is 17.2 Å². The Morgan fingerprint density at radius 3 is 2.59 bits per heavy atom. The molecule has 1 aliphatic rings. The van der Waals surface area contributed by atoms with Gasteiger partial charge < -0.3 is 15.3 Å². The summed E-state index contributed by atoms with van der Waals surface area (Å²) >= 11 is 0. The van der Waals surface area contributed by atoms with Gasteiger partial charge in [0.25, 0.3) is 5.91 Å². The second-order valence-corrected chi connectivity index (χ2v) is 6.57. The van der Waals surface area contributed by atoms with Crippen LogP contribution in [0.5, 0.6) is 0 Å². The molecule has 1 aromatic heterocycles. The van der Waals surface area contributed by atoms with Crippen LogP contribution in [0.25, 0.3) is 0 Å². The number of carbonyl (C=O) groups excluding carboxylic acids is 1. The number of hydrogen-bond acceptors (Lipinski definition) is 6. The predicted octanol–water partition coefficient (Wildman–Crippen LogP) is 2.21. The number of nitriles is 1. The topological polar surface area (TPSA) is 110 Å². The molecule has 150 valence electrons. The van der Waals surface area contributed by atoms with Crippen molar-refractivity contribution in [2.45, 2.75) is 6.42 Å². The summed E-state index contributed by atoms with van der Waals surface area (Å²) in [6.45, 7) is 3.26. The number of carboxylic acid groups (broad SMARTS) is 1. The first-order valence-corrected chi connectivity index (χ1v) is 9.13. The van der Waals surface area contributed by atoms with Gasteiger partial charge in [-0.3, -0.25) is 9.69 Å². The van der Waals surface area contributed by atoms with E-state index in [-0.39, 0.29) is 16.8 Å². The summed E-state index contributed by atoms with van der Waals surface area (Å²) in [5.74, 6) is -2.19. The zero-order valence-corrected chi connectivity index (χ0v) is 15.6. The third kappa shape index (κ3) is 4.86. The number of rotatable bonds is 6. The first-order chi connectivity index (χ1) is 14.0. The quantitative estimate of drug-likeness (QED) is 0.769. The van der Waals surface area contributed by atoms with Gasteiger partial charge in [0, 0.05) is 39.1 Å². The Balaban J connectivity index is 1.74. The molecule has 0 radical (unpaired) electrons. The van der Waals surface area contributed by atoms with Crippen molar-refractivity contribution in [2.75, 3.05) is 42.9 Å². The van der Waals surface area contributed by atoms with E-state index in [9.17, 15) is 19.1 Å². The van der Waals surface area contributed by atoms with Gasteiger partial charge in [0.2, 0.25) is 0 Å². The van der Waals surface area contributed by atoms with E-state index < -0.39 is 17.7 Å². The number of anilines is 2. The minimum atomic E-state index is -1.17. The number of piperazine rings is 1. The third-order valence-corrected chi connectivity index (χ3v) is 4.69. The van der Waals surface area contributed by atoms with Gasteiger partial charge >= 0.3 is 5.97 Å². The molecule has 1 aliphatic heterocycles. The highest BCUT2D eigenvalue weighted by Crippen LogP contribution is 2.23. The van der Waals surface area contributed by atoms with Gasteiger partial charge in [-0.25, -0.2) is 14.2 Å². The summed E-state index contributed by atoms with van der Waals surface area (Å²) < 4.78 is 13.8. The Morgan fingerprint density at radius 2 is 1.93 bits per heavy atom. The molecule has 0 bridgehead atoms. The molecule has 9 heteroatoms. The van der Waals surface area contributed by atoms with Crippen LogP contribution < -0.4 is 10.2 Å². The number of amides is 1. The van der Waals surface area contributed by atoms with Crippen LogP contribution in [0, 0.1) is 17.1 Å². The van der Waals surface area contributed by atoms with Crippen molar-refractivity contribution in [3.63, 3.8) is 0 Å². The van der Waals surface area contributed by atoms with Crippen LogP contribution >= 0.6 is 0 Å². The lowest BCUT2D eigenvalue weighted by molar-refractivity contribution is 0.0696. The molecule has 3 rings (SSSR count). The number of halogens is 1. The van der Waals surface area contributed by atoms with E-state index in [0.29, 0.717) is 45.0 Å². The van der Waals surface area contributed by atoms with E-state index in [1.807, 2.05) is 4.90 Å². The average Bonchev–Trinajstić information content (AvgIpc) is 2.73. The summed E-state index contributed by atoms with van der Waals surface area (Å²) in [7, 11) is 0. The van der Waals surface area contributed by atoms with E-state index in [2.05, 4.69) is 21.3 Å². The van der Waals surface area contributed by atoms with Crippen LogP contribution in [-0.2, 0) is 0 Å². The van der Waals surface area contributed by atoms with Crippen LogP contribution in [0.2, 0.25) is 0 Å². The van der Waals surface area contributed by atoms with Gasteiger partial charge in [-0.05, 0) is 18.2 Å². The molecule has 2 aromatic rings. The Kier molecular flexibility index (Phi) is 6.36. The highest BCUT2D eigenvalue weighted by Gasteiger charge is 2.23. The van der Waals surface area contributed by atoms with Crippen LogP contribution in [0.3, 0.4) is 0 Å². The molecule has 1 saturated heterocycles. The molecule has 0 atom stereocenters. The fourth-order valence-corrected chi connectivity index (χ4v) is 3.17. The van der Waals surface area contributed by atoms with Crippen LogP contribution in [0.4, 0.5) is 15.9 Å². The normalized spacial score (nSPS) is 14.3. The van der Waals surface area contributed by atoms with Gasteiger partial charge in [0.05, 0.1) is 23.5 Å². The van der Waals surface area contributed by atoms with Crippen LogP contribution in [0.1, 0.15) is 27.1 Å². The molecular formula is C20H20FN5O3. The van der Waals surface area contributed by atoms with Crippen molar-refractivity contribution in [1.82, 2.24) is 9.88 Å². The molecule has 0 saturated carbocycles. The number of pyridine rings is 1. The molecular weight excluding hydrogens is 377 g/mol. The zero-order valence-electron chi connectivity index (χ0n) is 15.6. The molecule has 1 aromatic carbocycles. The Morgan fingerprint density at radius 1 is 1.21 bits per heavy atom. The van der Waals surface area contributed by atoms with Gasteiger partial charge in [-0.2, -0.15) is 5.26 Å². The number of carbonyl (C=O) groups is 2. The predicted molar refractivity (Wildman–Crippen MR) is 104 cm³/mol. The molecule has 1 fully saturated rings. The maximum atomic E-state index is 13.8. The lowest BCUT2D eigenvalue weighted by atomic mass is 10.1. The monoisotopic (exact) mass is 397 g/mol. The highest BCUT2D eigenvalue weighted by molar-refractivity contribution is 6.05. The number of aromatic nitrogens is 1. The summed E-state index contributed by atoms with van der Waals surface area (Å²) in [6.07, 6.45) is 1.82. The van der Waals surface area contributed by atoms with E-state index in [1.54, 1.807) is 0 Å². The number of benzene rings is 1. The summed E-state index contributed by atoms with van der Waals surface area (Å²) in [5.41, 5.74) is -0.00388. The minimum Gasteiger partial charge on any atom is -0.478 e. The van der Waals surface area contributed by atoms with Gasteiger partial charge in [-0.15, -0.1) is 0 Å². The number of hydrogen-bond donors (Lipinski definition) is 2. The number of nitrogens with one attached hydrogen (secondary N) is 1. The molecule has 0 aliphatic carbocycles. The lowest BCUT2D eigenvalue weighted by Gasteiger charge is -2.35. The highest BCUT2D eigenvalue weighted by atomic mass is 19.1. The zero-order chi connectivity index (χ0) is 20.8. The maximum absolute atomic E-state index is 13.8. The summed E-state index contributed by atoms with van der Waals surface area (Å²) in [4.78, 5) is 32.3. The van der Waals surface area contributed by atoms with Crippen molar-refractivity contribution in [3.8, 4) is 6.07 Å². The first kappa shape index (κ1) is 20.2. The fourth-order valence-electron chi connectivity index (χ4n) is 3.17. The smallest absolute Gasteiger partial charge is 0.339 e. The van der Waals surface area contributed by atoms with E-state index in [1.165, 1.54) is 36.5 Å². The van der Waals surface area contributed by atoms with Crippen molar-refractivity contribution >= 4 is 23.4 Å². The standard InChI is InChI=1S/C20H20FN5O3/c21-17-5-2-1-4-15(17)19(27)24-14-12-16(20(28)29)18(23-13-14)26-10-8-25(9-11-26)7-3-6-22/h1-2,4-5,12-13H,3,7-11H2,(H,24,27)(H,28,29). The molecule has 29 heavy (non-hydrogen) atoms. The SMILES string of the molecule is N#CCCN1CCN(c2ncc(NC(=O)c3ccccc3F)cc2C(=O)O)CC1. The molecule has 0 unspecified atom stereocenters. The molecule has 1 amide bonds. The molecule has 8 nitrogen and oxygen atoms in total. The maximum Gasteiger partial charge on any atom is 0.339 e. The number of aromatic carboxylic acids is 1. The second kappa shape index (κ2) is 9.12. The summed E-state index contributed by atoms with van der Waals surface area (Å²) in [5, 5.41) is 20.8. The number of carboxylic acids is 1. The molecule has 2 N–H and O–H groups in total. The number of nitrogens with zero attached hydrogens (tertiary/aromatic N) is 4. The molecule has 0 spiro atoms. The van der Waals surface area contributed by atoms with Crippen molar-refractivity contribution in [1.29, 1.82) is 5.26 Å². The van der Waals surface area contributed by atoms with E-state index in [0.717, 1.165) is 0 Å². The van der Waals surface area contributed by atoms with E-state index in [4.69, 9.17) is 5.26 Å². The Hall–Kier alpha value is -3.51. The summed E-state index contributed by atoms with van der Waals surface area (Å²) in [6, 6.07) is 8.98. The van der Waals surface area contributed by atoms with Crippen LogP contribution in [0.15, 0.2) is 36.5 Å². The van der Waals surface area contributed by atoms with Crippen LogP contribution in [-0.4, -0.2) is 59.6 Å². The lowest BCUT2D eigenvalue weighted by Crippen LogP contribution is -2.47. The average molecular weight is 397 g/mol. The molecule has 2 heterocycles. The minimum absolute atomic E-state index is 0.0400.